The summed E-state index contributed by atoms with van der Waals surface area (Å²) in [6.07, 6.45) is -4.20. The Bertz CT molecular complexity index is 392. The summed E-state index contributed by atoms with van der Waals surface area (Å²) in [6.45, 7) is 1.82. The first kappa shape index (κ1) is 14.7. The smallest absolute Gasteiger partial charge is 0.374 e. The van der Waals surface area contributed by atoms with E-state index in [1.807, 2.05) is 6.92 Å². The number of ether oxygens (including phenoxy) is 1. The highest BCUT2D eigenvalue weighted by atomic mass is 19.4. The number of carbonyl (C=O) groups is 1. The molecule has 0 aliphatic rings. The Morgan fingerprint density at radius 1 is 1.28 bits per heavy atom. The second-order valence-corrected chi connectivity index (χ2v) is 3.97. The number of Topliss-reactive ketones (excluding diaryl/α,β-unsaturated/α-hetero) is 1. The first-order valence-corrected chi connectivity index (χ1v) is 5.60. The Balaban J connectivity index is 2.72. The van der Waals surface area contributed by atoms with Crippen LogP contribution in [0.3, 0.4) is 0 Å². The van der Waals surface area contributed by atoms with Gasteiger partial charge in [0.25, 0.3) is 0 Å². The highest BCUT2D eigenvalue weighted by Gasteiger charge is 2.30. The molecule has 1 aromatic carbocycles. The van der Waals surface area contributed by atoms with Gasteiger partial charge in [-0.2, -0.15) is 13.2 Å². The molecule has 100 valence electrons. The third-order valence-corrected chi connectivity index (χ3v) is 2.67. The maximum absolute atomic E-state index is 12.3. The fourth-order valence-electron chi connectivity index (χ4n) is 1.65. The monoisotopic (exact) mass is 260 g/mol. The highest BCUT2D eigenvalue weighted by molar-refractivity contribution is 5.85. The van der Waals surface area contributed by atoms with Crippen molar-refractivity contribution in [3.05, 3.63) is 35.4 Å². The Morgan fingerprint density at radius 3 is 2.22 bits per heavy atom. The Morgan fingerprint density at radius 2 is 1.83 bits per heavy atom. The van der Waals surface area contributed by atoms with Crippen LogP contribution < -0.4 is 0 Å². The van der Waals surface area contributed by atoms with Gasteiger partial charge in [0, 0.05) is 13.5 Å². The van der Waals surface area contributed by atoms with Crippen LogP contribution in [0.5, 0.6) is 0 Å². The molecule has 0 N–H and O–H groups in total. The fourth-order valence-corrected chi connectivity index (χ4v) is 1.65. The topological polar surface area (TPSA) is 26.3 Å². The molecule has 0 bridgehead atoms. The predicted octanol–water partition coefficient (Wildman–Crippen LogP) is 3.24. The molecule has 1 atom stereocenters. The molecule has 0 aromatic heterocycles. The molecule has 1 rings (SSSR count). The molecule has 1 aromatic rings. The van der Waals surface area contributed by atoms with Crippen molar-refractivity contribution in [2.24, 2.45) is 0 Å². The van der Waals surface area contributed by atoms with Gasteiger partial charge in [0.05, 0.1) is 5.56 Å². The van der Waals surface area contributed by atoms with Crippen LogP contribution in [0.25, 0.3) is 0 Å². The summed E-state index contributed by atoms with van der Waals surface area (Å²) in [5.74, 6) is -0.125. The van der Waals surface area contributed by atoms with E-state index in [4.69, 9.17) is 4.74 Å². The van der Waals surface area contributed by atoms with Gasteiger partial charge in [0.15, 0.2) is 5.78 Å². The van der Waals surface area contributed by atoms with Crippen LogP contribution in [0, 0.1) is 0 Å². The molecular formula is C13H15F3O2. The number of hydrogen-bond donors (Lipinski definition) is 0. The normalized spacial score (nSPS) is 13.4. The lowest BCUT2D eigenvalue weighted by molar-refractivity contribution is -0.137. The summed E-state index contributed by atoms with van der Waals surface area (Å²) in [7, 11) is 1.44. The summed E-state index contributed by atoms with van der Waals surface area (Å²) in [5, 5.41) is 0. The predicted molar refractivity (Wildman–Crippen MR) is 61.2 cm³/mol. The van der Waals surface area contributed by atoms with Crippen LogP contribution in [0.15, 0.2) is 24.3 Å². The number of carbonyl (C=O) groups excluding carboxylic acids is 1. The van der Waals surface area contributed by atoms with Crippen LogP contribution in [-0.4, -0.2) is 19.0 Å². The average molecular weight is 260 g/mol. The van der Waals surface area contributed by atoms with E-state index in [1.54, 1.807) is 0 Å². The number of rotatable bonds is 5. The minimum Gasteiger partial charge on any atom is -0.374 e. The molecular weight excluding hydrogens is 245 g/mol. The van der Waals surface area contributed by atoms with Crippen molar-refractivity contribution in [1.29, 1.82) is 0 Å². The van der Waals surface area contributed by atoms with Crippen molar-refractivity contribution in [1.82, 2.24) is 0 Å². The Kier molecular flexibility index (Phi) is 4.90. The molecule has 0 heterocycles. The van der Waals surface area contributed by atoms with E-state index in [0.717, 1.165) is 12.1 Å². The molecule has 0 saturated carbocycles. The molecule has 0 amide bonds. The van der Waals surface area contributed by atoms with Gasteiger partial charge in [0.2, 0.25) is 0 Å². The van der Waals surface area contributed by atoms with Gasteiger partial charge in [-0.25, -0.2) is 0 Å². The summed E-state index contributed by atoms with van der Waals surface area (Å²) in [6, 6.07) is 4.61. The maximum atomic E-state index is 12.3. The van der Waals surface area contributed by atoms with Crippen LogP contribution in [0.4, 0.5) is 13.2 Å². The van der Waals surface area contributed by atoms with Crippen molar-refractivity contribution < 1.29 is 22.7 Å². The molecule has 18 heavy (non-hydrogen) atoms. The molecule has 0 aliphatic carbocycles. The fraction of sp³-hybridized carbons (Fsp3) is 0.462. The molecule has 0 radical (unpaired) electrons. The SMILES string of the molecule is CCC(OC)C(=O)Cc1ccc(C(F)(F)F)cc1. The Hall–Kier alpha value is -1.36. The zero-order chi connectivity index (χ0) is 13.8. The second kappa shape index (κ2) is 6.00. The molecule has 0 fully saturated rings. The molecule has 5 heteroatoms. The number of methoxy groups -OCH3 is 1. The van der Waals surface area contributed by atoms with Crippen molar-refractivity contribution >= 4 is 5.78 Å². The number of ketones is 1. The van der Waals surface area contributed by atoms with Gasteiger partial charge in [-0.3, -0.25) is 4.79 Å². The van der Waals surface area contributed by atoms with Crippen LogP contribution in [0.1, 0.15) is 24.5 Å². The van der Waals surface area contributed by atoms with E-state index < -0.39 is 17.8 Å². The lowest BCUT2D eigenvalue weighted by Gasteiger charge is -2.12. The number of halogens is 3. The van der Waals surface area contributed by atoms with Gasteiger partial charge in [-0.1, -0.05) is 19.1 Å². The van der Waals surface area contributed by atoms with Crippen molar-refractivity contribution in [2.75, 3.05) is 7.11 Å². The number of alkyl halides is 3. The van der Waals surface area contributed by atoms with Crippen molar-refractivity contribution in [3.63, 3.8) is 0 Å². The van der Waals surface area contributed by atoms with E-state index in [-0.39, 0.29) is 12.2 Å². The highest BCUT2D eigenvalue weighted by Crippen LogP contribution is 2.29. The number of benzene rings is 1. The zero-order valence-corrected chi connectivity index (χ0v) is 10.3. The third-order valence-electron chi connectivity index (χ3n) is 2.67. The van der Waals surface area contributed by atoms with Gasteiger partial charge in [-0.05, 0) is 24.1 Å². The lowest BCUT2D eigenvalue weighted by atomic mass is 10.0. The molecule has 0 saturated heterocycles. The van der Waals surface area contributed by atoms with Gasteiger partial charge in [-0.15, -0.1) is 0 Å². The standard InChI is InChI=1S/C13H15F3O2/c1-3-12(18-2)11(17)8-9-4-6-10(7-5-9)13(14,15)16/h4-7,12H,3,8H2,1-2H3. The van der Waals surface area contributed by atoms with Gasteiger partial charge in [0.1, 0.15) is 6.10 Å². The van der Waals surface area contributed by atoms with Crippen LogP contribution >= 0.6 is 0 Å². The minimum atomic E-state index is -4.35. The largest absolute Gasteiger partial charge is 0.416 e. The average Bonchev–Trinajstić information content (AvgIpc) is 2.30. The van der Waals surface area contributed by atoms with Crippen molar-refractivity contribution in [3.8, 4) is 0 Å². The van der Waals surface area contributed by atoms with E-state index in [1.165, 1.54) is 19.2 Å². The van der Waals surface area contributed by atoms with Crippen LogP contribution in [-0.2, 0) is 22.1 Å². The molecule has 2 nitrogen and oxygen atoms in total. The molecule has 0 aliphatic heterocycles. The minimum absolute atomic E-state index is 0.0878. The maximum Gasteiger partial charge on any atom is 0.416 e. The first-order chi connectivity index (χ1) is 8.38. The zero-order valence-electron chi connectivity index (χ0n) is 10.3. The molecule has 1 unspecified atom stereocenters. The third kappa shape index (κ3) is 3.84. The number of hydrogen-bond acceptors (Lipinski definition) is 2. The summed E-state index contributed by atoms with van der Waals surface area (Å²) >= 11 is 0. The summed E-state index contributed by atoms with van der Waals surface area (Å²) in [5.41, 5.74) is -0.152. The quantitative estimate of drug-likeness (QED) is 0.812. The van der Waals surface area contributed by atoms with E-state index in [0.29, 0.717) is 12.0 Å². The molecule has 0 spiro atoms. The Labute approximate surface area is 104 Å². The van der Waals surface area contributed by atoms with Crippen molar-refractivity contribution in [2.45, 2.75) is 32.0 Å². The summed E-state index contributed by atoms with van der Waals surface area (Å²) < 4.78 is 42.0. The van der Waals surface area contributed by atoms with Gasteiger partial charge < -0.3 is 4.74 Å². The van der Waals surface area contributed by atoms with E-state index in [2.05, 4.69) is 0 Å². The summed E-state index contributed by atoms with van der Waals surface area (Å²) in [4.78, 5) is 11.7. The van der Waals surface area contributed by atoms with Gasteiger partial charge >= 0.3 is 6.18 Å². The van der Waals surface area contributed by atoms with E-state index >= 15 is 0 Å². The second-order valence-electron chi connectivity index (χ2n) is 3.97. The van der Waals surface area contributed by atoms with E-state index in [9.17, 15) is 18.0 Å². The van der Waals surface area contributed by atoms with Crippen LogP contribution in [0.2, 0.25) is 0 Å². The lowest BCUT2D eigenvalue weighted by Crippen LogP contribution is -2.23. The first-order valence-electron chi connectivity index (χ1n) is 5.60.